The van der Waals surface area contributed by atoms with Gasteiger partial charge in [0, 0.05) is 24.0 Å². The topological polar surface area (TPSA) is 50.2 Å². The lowest BCUT2D eigenvalue weighted by atomic mass is 10.1. The summed E-state index contributed by atoms with van der Waals surface area (Å²) in [5.41, 5.74) is 1.99. The number of carbonyl (C=O) groups excluding carboxylic acids is 1. The van der Waals surface area contributed by atoms with E-state index in [1.165, 1.54) is 11.3 Å². The first-order valence-electron chi connectivity index (χ1n) is 5.92. The van der Waals surface area contributed by atoms with Gasteiger partial charge in [-0.3, -0.25) is 4.79 Å². The van der Waals surface area contributed by atoms with E-state index in [0.717, 1.165) is 16.3 Å². The predicted molar refractivity (Wildman–Crippen MR) is 72.6 cm³/mol. The normalized spacial score (nSPS) is 10.5. The molecule has 1 heterocycles. The number of Topliss-reactive ketones (excluding diaryl/α,β-unsaturated/α-hetero) is 1. The van der Waals surface area contributed by atoms with Crippen LogP contribution in [-0.2, 0) is 11.2 Å². The molecule has 0 saturated heterocycles. The Morgan fingerprint density at radius 2 is 2.06 bits per heavy atom. The Hall–Kier alpha value is -1.52. The zero-order chi connectivity index (χ0) is 12.8. The van der Waals surface area contributed by atoms with Crippen LogP contribution in [0.15, 0.2) is 35.7 Å². The van der Waals surface area contributed by atoms with Crippen molar-refractivity contribution in [2.45, 2.75) is 19.3 Å². The van der Waals surface area contributed by atoms with E-state index in [9.17, 15) is 4.79 Å². The van der Waals surface area contributed by atoms with E-state index in [1.807, 2.05) is 35.7 Å². The van der Waals surface area contributed by atoms with Crippen LogP contribution in [0.1, 0.15) is 17.8 Å². The Kier molecular flexibility index (Phi) is 4.61. The number of thiazole rings is 1. The van der Waals surface area contributed by atoms with Crippen LogP contribution < -0.4 is 0 Å². The fourth-order valence-electron chi connectivity index (χ4n) is 1.67. The van der Waals surface area contributed by atoms with Gasteiger partial charge in [0.1, 0.15) is 10.8 Å². The van der Waals surface area contributed by atoms with E-state index in [4.69, 9.17) is 5.11 Å². The Morgan fingerprint density at radius 3 is 2.78 bits per heavy atom. The number of aliphatic hydroxyl groups is 1. The minimum Gasteiger partial charge on any atom is -0.396 e. The number of ketones is 1. The molecule has 3 nitrogen and oxygen atoms in total. The molecule has 94 valence electrons. The molecule has 0 aliphatic heterocycles. The second kappa shape index (κ2) is 6.42. The number of carbonyl (C=O) groups is 1. The van der Waals surface area contributed by atoms with E-state index in [-0.39, 0.29) is 12.4 Å². The first kappa shape index (κ1) is 12.9. The van der Waals surface area contributed by atoms with Gasteiger partial charge < -0.3 is 5.11 Å². The predicted octanol–water partition coefficient (Wildman–Crippen LogP) is 2.69. The summed E-state index contributed by atoms with van der Waals surface area (Å²) in [5, 5.41) is 11.5. The van der Waals surface area contributed by atoms with Crippen LogP contribution in [0.2, 0.25) is 0 Å². The van der Waals surface area contributed by atoms with Crippen molar-refractivity contribution in [1.82, 2.24) is 4.98 Å². The summed E-state index contributed by atoms with van der Waals surface area (Å²) in [6.45, 7) is 0.0683. The van der Waals surface area contributed by atoms with Gasteiger partial charge in [-0.15, -0.1) is 11.3 Å². The monoisotopic (exact) mass is 261 g/mol. The molecular formula is C14H15NO2S. The summed E-state index contributed by atoms with van der Waals surface area (Å²) in [6.07, 6.45) is 1.34. The van der Waals surface area contributed by atoms with Crippen LogP contribution in [0.3, 0.4) is 0 Å². The van der Waals surface area contributed by atoms with Gasteiger partial charge in [0.05, 0.1) is 12.1 Å². The van der Waals surface area contributed by atoms with Crippen LogP contribution in [0.5, 0.6) is 0 Å². The highest BCUT2D eigenvalue weighted by atomic mass is 32.1. The molecular weight excluding hydrogens is 246 g/mol. The average Bonchev–Trinajstić information content (AvgIpc) is 2.86. The highest BCUT2D eigenvalue weighted by Gasteiger charge is 2.08. The SMILES string of the molecule is O=C(CCCO)Cc1nc(-c2ccccc2)cs1. The quantitative estimate of drug-likeness (QED) is 0.869. The van der Waals surface area contributed by atoms with Crippen LogP contribution in [-0.4, -0.2) is 22.5 Å². The van der Waals surface area contributed by atoms with Crippen molar-refractivity contribution in [3.63, 3.8) is 0 Å². The molecule has 0 spiro atoms. The summed E-state index contributed by atoms with van der Waals surface area (Å²) in [7, 11) is 0. The number of hydrogen-bond acceptors (Lipinski definition) is 4. The lowest BCUT2D eigenvalue weighted by Gasteiger charge is -1.96. The van der Waals surface area contributed by atoms with Crippen molar-refractivity contribution in [3.8, 4) is 11.3 Å². The zero-order valence-electron chi connectivity index (χ0n) is 10.0. The third-order valence-electron chi connectivity index (χ3n) is 2.58. The average molecular weight is 261 g/mol. The first-order chi connectivity index (χ1) is 8.79. The fraction of sp³-hybridized carbons (Fsp3) is 0.286. The highest BCUT2D eigenvalue weighted by Crippen LogP contribution is 2.22. The molecule has 0 unspecified atom stereocenters. The van der Waals surface area contributed by atoms with Crippen molar-refractivity contribution < 1.29 is 9.90 Å². The van der Waals surface area contributed by atoms with Gasteiger partial charge in [0.25, 0.3) is 0 Å². The Morgan fingerprint density at radius 1 is 1.28 bits per heavy atom. The summed E-state index contributed by atoms with van der Waals surface area (Å²) in [4.78, 5) is 16.0. The number of hydrogen-bond donors (Lipinski definition) is 1. The maximum absolute atomic E-state index is 11.6. The molecule has 0 saturated carbocycles. The largest absolute Gasteiger partial charge is 0.396 e. The van der Waals surface area contributed by atoms with E-state index >= 15 is 0 Å². The molecule has 2 rings (SSSR count). The van der Waals surface area contributed by atoms with E-state index in [0.29, 0.717) is 19.3 Å². The lowest BCUT2D eigenvalue weighted by Crippen LogP contribution is -2.03. The Balaban J connectivity index is 2.00. The number of aliphatic hydroxyl groups excluding tert-OH is 1. The fourth-order valence-corrected chi connectivity index (χ4v) is 2.50. The van der Waals surface area contributed by atoms with Gasteiger partial charge in [-0.2, -0.15) is 0 Å². The molecule has 0 atom stereocenters. The lowest BCUT2D eigenvalue weighted by molar-refractivity contribution is -0.118. The minimum absolute atomic E-state index is 0.0683. The molecule has 0 fully saturated rings. The van der Waals surface area contributed by atoms with Crippen molar-refractivity contribution in [2.24, 2.45) is 0 Å². The van der Waals surface area contributed by atoms with Crippen molar-refractivity contribution in [1.29, 1.82) is 0 Å². The Bertz CT molecular complexity index is 508. The molecule has 1 aromatic heterocycles. The highest BCUT2D eigenvalue weighted by molar-refractivity contribution is 7.10. The number of nitrogens with zero attached hydrogens (tertiary/aromatic N) is 1. The molecule has 0 aliphatic rings. The van der Waals surface area contributed by atoms with Crippen LogP contribution in [0, 0.1) is 0 Å². The molecule has 1 N–H and O–H groups in total. The van der Waals surface area contributed by atoms with E-state index < -0.39 is 0 Å². The molecule has 0 aliphatic carbocycles. The third kappa shape index (κ3) is 3.48. The van der Waals surface area contributed by atoms with Gasteiger partial charge in [-0.1, -0.05) is 30.3 Å². The van der Waals surface area contributed by atoms with E-state index in [2.05, 4.69) is 4.98 Å². The van der Waals surface area contributed by atoms with E-state index in [1.54, 1.807) is 0 Å². The molecule has 18 heavy (non-hydrogen) atoms. The first-order valence-corrected chi connectivity index (χ1v) is 6.80. The summed E-state index contributed by atoms with van der Waals surface area (Å²) >= 11 is 1.51. The van der Waals surface area contributed by atoms with Gasteiger partial charge in [0.15, 0.2) is 0 Å². The maximum Gasteiger partial charge on any atom is 0.139 e. The van der Waals surface area contributed by atoms with Gasteiger partial charge in [0.2, 0.25) is 0 Å². The number of aromatic nitrogens is 1. The van der Waals surface area contributed by atoms with Crippen LogP contribution in [0.4, 0.5) is 0 Å². The Labute approximate surface area is 110 Å². The van der Waals surface area contributed by atoms with Crippen molar-refractivity contribution in [3.05, 3.63) is 40.7 Å². The maximum atomic E-state index is 11.6. The molecule has 2 aromatic rings. The summed E-state index contributed by atoms with van der Waals surface area (Å²) in [6, 6.07) is 9.93. The summed E-state index contributed by atoms with van der Waals surface area (Å²) < 4.78 is 0. The molecule has 0 bridgehead atoms. The second-order valence-corrected chi connectivity index (χ2v) is 4.98. The van der Waals surface area contributed by atoms with Gasteiger partial charge in [-0.25, -0.2) is 4.98 Å². The standard InChI is InChI=1S/C14H15NO2S/c16-8-4-7-12(17)9-14-15-13(10-18-14)11-5-2-1-3-6-11/h1-3,5-6,10,16H,4,7-9H2. The molecule has 4 heteroatoms. The molecule has 0 radical (unpaired) electrons. The van der Waals surface area contributed by atoms with Gasteiger partial charge in [-0.05, 0) is 6.42 Å². The summed E-state index contributed by atoms with van der Waals surface area (Å²) in [5.74, 6) is 0.137. The van der Waals surface area contributed by atoms with Crippen LogP contribution in [0.25, 0.3) is 11.3 Å². The van der Waals surface area contributed by atoms with Crippen LogP contribution >= 0.6 is 11.3 Å². The minimum atomic E-state index is 0.0683. The second-order valence-electron chi connectivity index (χ2n) is 4.04. The zero-order valence-corrected chi connectivity index (χ0v) is 10.8. The molecule has 0 amide bonds. The number of benzene rings is 1. The third-order valence-corrected chi connectivity index (χ3v) is 3.43. The van der Waals surface area contributed by atoms with Crippen molar-refractivity contribution >= 4 is 17.1 Å². The molecule has 1 aromatic carbocycles. The smallest absolute Gasteiger partial charge is 0.139 e. The number of rotatable bonds is 6. The van der Waals surface area contributed by atoms with Crippen molar-refractivity contribution in [2.75, 3.05) is 6.61 Å². The van der Waals surface area contributed by atoms with Gasteiger partial charge >= 0.3 is 0 Å².